The fourth-order valence-corrected chi connectivity index (χ4v) is 6.51. The SMILES string of the molecule is CN=C(NCC1C2CCc3ccccc3C21)N1CCN(S(=O)(=O)CCOC(C)C)CC1. The van der Waals surface area contributed by atoms with Crippen molar-refractivity contribution in [3.8, 4) is 0 Å². The van der Waals surface area contributed by atoms with Crippen molar-refractivity contribution in [2.75, 3.05) is 52.1 Å². The highest BCUT2D eigenvalue weighted by Gasteiger charge is 2.52. The van der Waals surface area contributed by atoms with Crippen LogP contribution in [-0.4, -0.2) is 81.8 Å². The Bertz CT molecular complexity index is 894. The minimum absolute atomic E-state index is 0.0457. The molecule has 2 aliphatic carbocycles. The first-order valence-corrected chi connectivity index (χ1v) is 13.1. The zero-order valence-corrected chi connectivity index (χ0v) is 19.8. The van der Waals surface area contributed by atoms with Gasteiger partial charge in [-0.1, -0.05) is 24.3 Å². The number of sulfonamides is 1. The topological polar surface area (TPSA) is 74.2 Å². The van der Waals surface area contributed by atoms with E-state index in [1.165, 1.54) is 18.4 Å². The first-order chi connectivity index (χ1) is 14.9. The Morgan fingerprint density at radius 2 is 1.97 bits per heavy atom. The molecule has 7 nitrogen and oxygen atoms in total. The van der Waals surface area contributed by atoms with Gasteiger partial charge in [-0.05, 0) is 55.6 Å². The van der Waals surface area contributed by atoms with Crippen LogP contribution in [0.4, 0.5) is 0 Å². The molecule has 1 heterocycles. The minimum atomic E-state index is -3.27. The van der Waals surface area contributed by atoms with Gasteiger partial charge in [-0.3, -0.25) is 4.99 Å². The van der Waals surface area contributed by atoms with Crippen LogP contribution in [0.2, 0.25) is 0 Å². The van der Waals surface area contributed by atoms with Gasteiger partial charge in [-0.15, -0.1) is 0 Å². The lowest BCUT2D eigenvalue weighted by atomic mass is 9.92. The summed E-state index contributed by atoms with van der Waals surface area (Å²) in [5, 5.41) is 3.58. The van der Waals surface area contributed by atoms with E-state index in [2.05, 4.69) is 39.5 Å². The van der Waals surface area contributed by atoms with Crippen LogP contribution in [0.1, 0.15) is 37.3 Å². The Hall–Kier alpha value is -1.64. The van der Waals surface area contributed by atoms with E-state index in [1.54, 1.807) is 9.87 Å². The molecule has 1 aromatic rings. The van der Waals surface area contributed by atoms with Gasteiger partial charge in [0.25, 0.3) is 0 Å². The number of piperazine rings is 1. The molecule has 3 atom stereocenters. The van der Waals surface area contributed by atoms with E-state index in [9.17, 15) is 8.42 Å². The molecule has 4 rings (SSSR count). The summed E-state index contributed by atoms with van der Waals surface area (Å²) in [4.78, 5) is 6.65. The maximum atomic E-state index is 12.6. The molecule has 8 heteroatoms. The van der Waals surface area contributed by atoms with Gasteiger partial charge in [-0.2, -0.15) is 4.31 Å². The monoisotopic (exact) mass is 448 g/mol. The van der Waals surface area contributed by atoms with E-state index in [0.29, 0.717) is 38.0 Å². The van der Waals surface area contributed by atoms with Crippen molar-refractivity contribution >= 4 is 16.0 Å². The number of fused-ring (bicyclic) bond motifs is 3. The molecule has 0 bridgehead atoms. The van der Waals surface area contributed by atoms with Crippen molar-refractivity contribution in [3.05, 3.63) is 35.4 Å². The van der Waals surface area contributed by atoms with Crippen molar-refractivity contribution in [2.45, 2.75) is 38.7 Å². The number of nitrogens with one attached hydrogen (secondary N) is 1. The Balaban J connectivity index is 1.25. The maximum absolute atomic E-state index is 12.6. The van der Waals surface area contributed by atoms with Crippen LogP contribution >= 0.6 is 0 Å². The Labute approximate surface area is 186 Å². The number of guanidine groups is 1. The highest BCUT2D eigenvalue weighted by atomic mass is 32.2. The second kappa shape index (κ2) is 9.46. The third kappa shape index (κ3) is 5.07. The van der Waals surface area contributed by atoms with Gasteiger partial charge in [-0.25, -0.2) is 8.42 Å². The summed E-state index contributed by atoms with van der Waals surface area (Å²) in [6.45, 7) is 7.31. The number of ether oxygens (including phenoxy) is 1. The fraction of sp³-hybridized carbons (Fsp3) is 0.696. The summed E-state index contributed by atoms with van der Waals surface area (Å²) < 4.78 is 32.1. The van der Waals surface area contributed by atoms with Crippen molar-refractivity contribution in [1.82, 2.24) is 14.5 Å². The molecule has 0 spiro atoms. The van der Waals surface area contributed by atoms with Crippen LogP contribution in [0.5, 0.6) is 0 Å². The molecule has 1 N–H and O–H groups in total. The summed E-state index contributed by atoms with van der Waals surface area (Å²) in [7, 11) is -1.46. The van der Waals surface area contributed by atoms with Crippen LogP contribution in [0.15, 0.2) is 29.3 Å². The Morgan fingerprint density at radius 1 is 1.23 bits per heavy atom. The lowest BCUT2D eigenvalue weighted by Crippen LogP contribution is -2.54. The number of hydrogen-bond acceptors (Lipinski definition) is 4. The van der Waals surface area contributed by atoms with Crippen LogP contribution in [0.25, 0.3) is 0 Å². The molecular formula is C23H36N4O3S. The van der Waals surface area contributed by atoms with Crippen molar-refractivity contribution in [1.29, 1.82) is 0 Å². The molecule has 1 aromatic carbocycles. The van der Waals surface area contributed by atoms with Gasteiger partial charge in [0.05, 0.1) is 18.5 Å². The molecule has 1 saturated heterocycles. The van der Waals surface area contributed by atoms with E-state index in [-0.39, 0.29) is 18.5 Å². The third-order valence-corrected chi connectivity index (χ3v) is 8.76. The molecule has 0 amide bonds. The van der Waals surface area contributed by atoms with E-state index in [0.717, 1.165) is 18.4 Å². The number of aryl methyl sites for hydroxylation is 1. The summed E-state index contributed by atoms with van der Waals surface area (Å²) in [6.07, 6.45) is 2.52. The van der Waals surface area contributed by atoms with E-state index < -0.39 is 10.0 Å². The van der Waals surface area contributed by atoms with Crippen molar-refractivity contribution < 1.29 is 13.2 Å². The predicted molar refractivity (Wildman–Crippen MR) is 124 cm³/mol. The van der Waals surface area contributed by atoms with E-state index >= 15 is 0 Å². The molecule has 3 aliphatic rings. The quantitative estimate of drug-likeness (QED) is 0.510. The van der Waals surface area contributed by atoms with Gasteiger partial charge in [0.2, 0.25) is 10.0 Å². The average Bonchev–Trinajstić information content (AvgIpc) is 3.48. The standard InChI is InChI=1S/C23H36N4O3S/c1-17(2)30-14-15-31(28,29)27-12-10-26(11-13-27)23(24-3)25-16-21-20-9-8-18-6-4-5-7-19(18)22(20)21/h4-7,17,20-22H,8-16H2,1-3H3,(H,24,25). The molecule has 2 fully saturated rings. The summed E-state index contributed by atoms with van der Waals surface area (Å²) in [5.41, 5.74) is 3.06. The lowest BCUT2D eigenvalue weighted by Gasteiger charge is -2.36. The van der Waals surface area contributed by atoms with E-state index in [1.807, 2.05) is 20.9 Å². The lowest BCUT2D eigenvalue weighted by molar-refractivity contribution is 0.0904. The molecule has 172 valence electrons. The van der Waals surface area contributed by atoms with Gasteiger partial charge in [0.15, 0.2) is 5.96 Å². The maximum Gasteiger partial charge on any atom is 0.216 e. The van der Waals surface area contributed by atoms with E-state index in [4.69, 9.17) is 4.74 Å². The van der Waals surface area contributed by atoms with Crippen LogP contribution in [0, 0.1) is 11.8 Å². The van der Waals surface area contributed by atoms with Crippen LogP contribution < -0.4 is 5.32 Å². The fourth-order valence-electron chi connectivity index (χ4n) is 5.23. The number of hydrogen-bond donors (Lipinski definition) is 1. The number of nitrogens with zero attached hydrogens (tertiary/aromatic N) is 3. The number of rotatable bonds is 7. The minimum Gasteiger partial charge on any atom is -0.378 e. The van der Waals surface area contributed by atoms with Crippen LogP contribution in [0.3, 0.4) is 0 Å². The van der Waals surface area contributed by atoms with Gasteiger partial charge >= 0.3 is 0 Å². The molecular weight excluding hydrogens is 412 g/mol. The zero-order chi connectivity index (χ0) is 22.0. The van der Waals surface area contributed by atoms with Gasteiger partial charge in [0.1, 0.15) is 0 Å². The van der Waals surface area contributed by atoms with Crippen molar-refractivity contribution in [2.24, 2.45) is 16.8 Å². The summed E-state index contributed by atoms with van der Waals surface area (Å²) in [6, 6.07) is 8.88. The third-order valence-electron chi connectivity index (χ3n) is 6.92. The number of benzene rings is 1. The van der Waals surface area contributed by atoms with Crippen LogP contribution in [-0.2, 0) is 21.2 Å². The number of aliphatic imine (C=N–C) groups is 1. The molecule has 3 unspecified atom stereocenters. The first-order valence-electron chi connectivity index (χ1n) is 11.5. The normalized spacial score (nSPS) is 26.5. The molecule has 31 heavy (non-hydrogen) atoms. The molecule has 1 aliphatic heterocycles. The summed E-state index contributed by atoms with van der Waals surface area (Å²) >= 11 is 0. The largest absolute Gasteiger partial charge is 0.378 e. The smallest absolute Gasteiger partial charge is 0.216 e. The zero-order valence-electron chi connectivity index (χ0n) is 19.0. The Kier molecular flexibility index (Phi) is 6.89. The first kappa shape index (κ1) is 22.6. The summed E-state index contributed by atoms with van der Waals surface area (Å²) in [5.74, 6) is 3.07. The highest BCUT2D eigenvalue weighted by Crippen LogP contribution is 2.59. The molecule has 1 saturated carbocycles. The van der Waals surface area contributed by atoms with Crippen molar-refractivity contribution in [3.63, 3.8) is 0 Å². The molecule has 0 radical (unpaired) electrons. The van der Waals surface area contributed by atoms with Gasteiger partial charge < -0.3 is 15.0 Å². The predicted octanol–water partition coefficient (Wildman–Crippen LogP) is 1.91. The second-order valence-corrected chi connectivity index (χ2v) is 11.2. The Morgan fingerprint density at radius 3 is 2.68 bits per heavy atom. The average molecular weight is 449 g/mol. The second-order valence-electron chi connectivity index (χ2n) is 9.14. The molecule has 0 aromatic heterocycles. The van der Waals surface area contributed by atoms with Gasteiger partial charge in [0, 0.05) is 39.8 Å². The highest BCUT2D eigenvalue weighted by molar-refractivity contribution is 7.89.